The number of hydrogen-bond donors (Lipinski definition) is 3. The van der Waals surface area contributed by atoms with E-state index in [0.717, 1.165) is 17.7 Å². The van der Waals surface area contributed by atoms with Gasteiger partial charge in [0.25, 0.3) is 5.91 Å². The predicted molar refractivity (Wildman–Crippen MR) is 115 cm³/mol. The summed E-state index contributed by atoms with van der Waals surface area (Å²) < 4.78 is 40.6. The molecule has 3 heterocycles. The van der Waals surface area contributed by atoms with Crippen molar-refractivity contribution in [2.75, 3.05) is 5.32 Å². The number of rotatable bonds is 6. The van der Waals surface area contributed by atoms with Crippen molar-refractivity contribution in [2.45, 2.75) is 38.6 Å². The zero-order valence-electron chi connectivity index (χ0n) is 17.8. The van der Waals surface area contributed by atoms with Crippen LogP contribution in [0.1, 0.15) is 36.5 Å². The van der Waals surface area contributed by atoms with E-state index in [2.05, 4.69) is 25.6 Å². The van der Waals surface area contributed by atoms with E-state index in [4.69, 9.17) is 0 Å². The minimum Gasteiger partial charge on any atom is -0.390 e. The molecule has 0 fully saturated rings. The molecule has 33 heavy (non-hydrogen) atoms. The van der Waals surface area contributed by atoms with Gasteiger partial charge in [-0.3, -0.25) is 14.6 Å². The fourth-order valence-corrected chi connectivity index (χ4v) is 3.29. The second-order valence-electron chi connectivity index (χ2n) is 8.26. The number of fused-ring (bicyclic) bond motifs is 1. The number of pyridine rings is 1. The lowest BCUT2D eigenvalue weighted by Gasteiger charge is -2.16. The van der Waals surface area contributed by atoms with Gasteiger partial charge in [0.2, 0.25) is 0 Å². The topological polar surface area (TPSA) is 109 Å². The third kappa shape index (κ3) is 5.20. The Balaban J connectivity index is 1.69. The first-order chi connectivity index (χ1) is 15.5. The molecule has 0 aliphatic carbocycles. The highest BCUT2D eigenvalue weighted by molar-refractivity contribution is 6.05. The number of benzene rings is 1. The van der Waals surface area contributed by atoms with Crippen LogP contribution in [-0.2, 0) is 12.7 Å². The number of aliphatic hydroxyl groups is 1. The number of aryl methyl sites for hydroxylation is 1. The molecule has 0 bridgehead atoms. The fraction of sp³-hybridized carbons (Fsp3) is 0.273. The van der Waals surface area contributed by atoms with E-state index in [1.54, 1.807) is 49.3 Å². The smallest absolute Gasteiger partial charge is 0.390 e. The first-order valence-electron chi connectivity index (χ1n) is 10.1. The Morgan fingerprint density at radius 1 is 1.24 bits per heavy atom. The molecule has 3 aromatic heterocycles. The Hall–Kier alpha value is -3.73. The van der Waals surface area contributed by atoms with E-state index in [0.29, 0.717) is 35.1 Å². The lowest BCUT2D eigenvalue weighted by Crippen LogP contribution is -2.21. The number of alkyl halides is 3. The Morgan fingerprint density at radius 2 is 2.03 bits per heavy atom. The minimum absolute atomic E-state index is 0.351. The van der Waals surface area contributed by atoms with E-state index in [1.807, 2.05) is 0 Å². The number of nitrogens with zero attached hydrogens (tertiary/aromatic N) is 4. The molecule has 3 N–H and O–H groups in total. The van der Waals surface area contributed by atoms with Crippen LogP contribution in [0.15, 0.2) is 48.9 Å². The average Bonchev–Trinajstić information content (AvgIpc) is 3.40. The van der Waals surface area contributed by atoms with Gasteiger partial charge in [-0.15, -0.1) is 0 Å². The fourth-order valence-electron chi connectivity index (χ4n) is 3.29. The molecular formula is C22H21F3N6O2. The van der Waals surface area contributed by atoms with Gasteiger partial charge in [0, 0.05) is 41.1 Å². The van der Waals surface area contributed by atoms with Crippen LogP contribution in [0.3, 0.4) is 0 Å². The molecule has 0 saturated heterocycles. The zero-order chi connectivity index (χ0) is 23.8. The zero-order valence-corrected chi connectivity index (χ0v) is 17.8. The molecule has 8 nitrogen and oxygen atoms in total. The van der Waals surface area contributed by atoms with Crippen molar-refractivity contribution in [1.29, 1.82) is 0 Å². The molecule has 0 aliphatic heterocycles. The number of nitrogens with one attached hydrogen (secondary N) is 2. The number of aromatic nitrogens is 5. The van der Waals surface area contributed by atoms with Crippen LogP contribution in [-0.4, -0.2) is 41.6 Å². The van der Waals surface area contributed by atoms with Crippen LogP contribution in [0.25, 0.3) is 22.0 Å². The summed E-state index contributed by atoms with van der Waals surface area (Å²) in [7, 11) is 0. The van der Waals surface area contributed by atoms with Crippen LogP contribution in [0, 0.1) is 0 Å². The van der Waals surface area contributed by atoms with Gasteiger partial charge < -0.3 is 10.4 Å². The third-order valence-corrected chi connectivity index (χ3v) is 4.95. The highest BCUT2D eigenvalue weighted by Crippen LogP contribution is 2.32. The number of carbonyl (C=O) groups excluding carboxylic acids is 1. The Labute approximate surface area is 186 Å². The Kier molecular flexibility index (Phi) is 5.66. The molecule has 172 valence electrons. The number of anilines is 1. The van der Waals surface area contributed by atoms with Crippen LogP contribution < -0.4 is 5.32 Å². The van der Waals surface area contributed by atoms with Gasteiger partial charge in [-0.05, 0) is 44.5 Å². The number of amides is 1. The molecule has 11 heteroatoms. The standard InChI is InChI=1S/C22H21F3N6O2/c1-21(2,33)6-7-31-12-13-8-15(9-16(19(13)30-31)14-10-26-27-11-14)28-20(32)17-4-3-5-18(29-17)22(23,24)25/h3-5,8-12,33H,6-7H2,1-2H3,(H,26,27)(H,28,32). The van der Waals surface area contributed by atoms with E-state index in [1.165, 1.54) is 6.07 Å². The largest absolute Gasteiger partial charge is 0.433 e. The summed E-state index contributed by atoms with van der Waals surface area (Å²) in [5.74, 6) is -0.770. The quantitative estimate of drug-likeness (QED) is 0.400. The monoisotopic (exact) mass is 458 g/mol. The van der Waals surface area contributed by atoms with E-state index < -0.39 is 23.4 Å². The number of aromatic amines is 1. The van der Waals surface area contributed by atoms with E-state index >= 15 is 0 Å². The predicted octanol–water partition coefficient (Wildman–Crippen LogP) is 4.25. The summed E-state index contributed by atoms with van der Waals surface area (Å²) in [5, 5.41) is 24.6. The molecule has 0 saturated carbocycles. The van der Waals surface area contributed by atoms with E-state index in [9.17, 15) is 23.1 Å². The van der Waals surface area contributed by atoms with E-state index in [-0.39, 0.29) is 5.69 Å². The third-order valence-electron chi connectivity index (χ3n) is 4.95. The lowest BCUT2D eigenvalue weighted by molar-refractivity contribution is -0.141. The van der Waals surface area contributed by atoms with Crippen LogP contribution in [0.5, 0.6) is 0 Å². The highest BCUT2D eigenvalue weighted by atomic mass is 19.4. The maximum atomic E-state index is 13.0. The molecule has 0 aliphatic rings. The molecule has 1 aromatic carbocycles. The van der Waals surface area contributed by atoms with Crippen molar-refractivity contribution in [3.63, 3.8) is 0 Å². The summed E-state index contributed by atoms with van der Waals surface area (Å²) in [6.45, 7) is 3.89. The van der Waals surface area contributed by atoms with Crippen LogP contribution in [0.4, 0.5) is 18.9 Å². The second-order valence-corrected chi connectivity index (χ2v) is 8.26. The van der Waals surface area contributed by atoms with Crippen LogP contribution in [0.2, 0.25) is 0 Å². The summed E-state index contributed by atoms with van der Waals surface area (Å²) in [6, 6.07) is 6.51. The highest BCUT2D eigenvalue weighted by Gasteiger charge is 2.33. The molecule has 0 spiro atoms. The van der Waals surface area contributed by atoms with Gasteiger partial charge in [-0.1, -0.05) is 6.07 Å². The molecular weight excluding hydrogens is 437 g/mol. The van der Waals surface area contributed by atoms with Gasteiger partial charge in [-0.25, -0.2) is 4.98 Å². The molecule has 0 radical (unpaired) electrons. The first-order valence-corrected chi connectivity index (χ1v) is 10.1. The van der Waals surface area contributed by atoms with Gasteiger partial charge in [0.15, 0.2) is 0 Å². The molecule has 4 aromatic rings. The van der Waals surface area contributed by atoms with Gasteiger partial charge in [0.05, 0.1) is 11.8 Å². The SMILES string of the molecule is CC(C)(O)CCn1cc2cc(NC(=O)c3cccc(C(F)(F)F)n3)cc(-c3cn[nH]c3)c2n1. The Bertz CT molecular complexity index is 1290. The van der Waals surface area contributed by atoms with Crippen molar-refractivity contribution in [1.82, 2.24) is 25.0 Å². The number of carbonyl (C=O) groups is 1. The normalized spacial score (nSPS) is 12.3. The minimum atomic E-state index is -4.65. The van der Waals surface area contributed by atoms with Crippen molar-refractivity contribution in [3.8, 4) is 11.1 Å². The Morgan fingerprint density at radius 3 is 2.70 bits per heavy atom. The molecule has 4 rings (SSSR count). The maximum absolute atomic E-state index is 13.0. The molecule has 1 amide bonds. The summed E-state index contributed by atoms with van der Waals surface area (Å²) in [5.41, 5.74) is 0.0695. The molecule has 0 atom stereocenters. The summed E-state index contributed by atoms with van der Waals surface area (Å²) >= 11 is 0. The van der Waals surface area contributed by atoms with Crippen molar-refractivity contribution in [2.24, 2.45) is 0 Å². The number of hydrogen-bond acceptors (Lipinski definition) is 5. The first kappa shape index (κ1) is 22.5. The number of H-pyrrole nitrogens is 1. The maximum Gasteiger partial charge on any atom is 0.433 e. The van der Waals surface area contributed by atoms with Crippen molar-refractivity contribution in [3.05, 3.63) is 60.3 Å². The molecule has 0 unspecified atom stereocenters. The van der Waals surface area contributed by atoms with Gasteiger partial charge >= 0.3 is 6.18 Å². The average molecular weight is 458 g/mol. The second kappa shape index (κ2) is 8.32. The van der Waals surface area contributed by atoms with Crippen LogP contribution >= 0.6 is 0 Å². The summed E-state index contributed by atoms with van der Waals surface area (Å²) in [4.78, 5) is 16.1. The number of halogens is 3. The van der Waals surface area contributed by atoms with Crippen molar-refractivity contribution < 1.29 is 23.1 Å². The lowest BCUT2D eigenvalue weighted by atomic mass is 10.1. The van der Waals surface area contributed by atoms with Gasteiger partial charge in [0.1, 0.15) is 16.9 Å². The van der Waals surface area contributed by atoms with Gasteiger partial charge in [-0.2, -0.15) is 23.4 Å². The summed E-state index contributed by atoms with van der Waals surface area (Å²) in [6.07, 6.45) is 0.881. The van der Waals surface area contributed by atoms with Crippen molar-refractivity contribution >= 4 is 22.5 Å².